The molecule has 0 saturated heterocycles. The fraction of sp³-hybridized carbons (Fsp3) is 0.533. The van der Waals surface area contributed by atoms with E-state index < -0.39 is 5.97 Å². The van der Waals surface area contributed by atoms with Gasteiger partial charge in [-0.2, -0.15) is 0 Å². The van der Waals surface area contributed by atoms with Gasteiger partial charge in [-0.3, -0.25) is 4.79 Å². The quantitative estimate of drug-likeness (QED) is 0.829. The summed E-state index contributed by atoms with van der Waals surface area (Å²) in [5.74, 6) is 0.0993. The average Bonchev–Trinajstić information content (AvgIpc) is 2.29. The Bertz CT molecular complexity index is 467. The maximum Gasteiger partial charge on any atom is 0.303 e. The molecule has 0 unspecified atom stereocenters. The maximum atomic E-state index is 10.8. The van der Waals surface area contributed by atoms with Crippen molar-refractivity contribution < 1.29 is 14.6 Å². The van der Waals surface area contributed by atoms with Crippen LogP contribution in [0.1, 0.15) is 31.4 Å². The smallest absolute Gasteiger partial charge is 0.303 e. The van der Waals surface area contributed by atoms with E-state index >= 15 is 0 Å². The number of methoxy groups -OCH3 is 1. The number of carbonyl (C=O) groups is 1. The average molecular weight is 265 g/mol. The Morgan fingerprint density at radius 2 is 1.95 bits per heavy atom. The summed E-state index contributed by atoms with van der Waals surface area (Å²) in [5, 5.41) is 12.2. The first kappa shape index (κ1) is 15.3. The molecule has 0 spiro atoms. The molecular weight excluding hydrogens is 242 g/mol. The minimum atomic E-state index is -0.769. The Morgan fingerprint density at radius 1 is 1.32 bits per heavy atom. The second-order valence-corrected chi connectivity index (χ2v) is 5.65. The molecule has 0 aromatic heterocycles. The van der Waals surface area contributed by atoms with Gasteiger partial charge in [0.1, 0.15) is 5.75 Å². The van der Waals surface area contributed by atoms with Gasteiger partial charge in [-0.15, -0.1) is 0 Å². The molecule has 19 heavy (non-hydrogen) atoms. The van der Waals surface area contributed by atoms with E-state index in [-0.39, 0.29) is 11.8 Å². The van der Waals surface area contributed by atoms with Crippen LogP contribution in [-0.4, -0.2) is 24.7 Å². The fourth-order valence-corrected chi connectivity index (χ4v) is 2.01. The van der Waals surface area contributed by atoms with Gasteiger partial charge in [0.15, 0.2) is 0 Å². The van der Waals surface area contributed by atoms with Crippen molar-refractivity contribution >= 4 is 11.7 Å². The van der Waals surface area contributed by atoms with Gasteiger partial charge in [0, 0.05) is 12.2 Å². The fourth-order valence-electron chi connectivity index (χ4n) is 2.01. The van der Waals surface area contributed by atoms with E-state index in [0.29, 0.717) is 6.54 Å². The van der Waals surface area contributed by atoms with Crippen molar-refractivity contribution in [3.8, 4) is 5.75 Å². The summed E-state index contributed by atoms with van der Waals surface area (Å²) >= 11 is 0. The molecule has 0 atom stereocenters. The molecule has 4 nitrogen and oxygen atoms in total. The zero-order valence-corrected chi connectivity index (χ0v) is 12.3. The predicted octanol–water partition coefficient (Wildman–Crippen LogP) is 3.22. The Kier molecular flexibility index (Phi) is 4.81. The van der Waals surface area contributed by atoms with Crippen LogP contribution < -0.4 is 10.1 Å². The first-order chi connectivity index (χ1) is 8.76. The third-order valence-electron chi connectivity index (χ3n) is 3.34. The molecule has 0 aliphatic carbocycles. The number of hydrogen-bond donors (Lipinski definition) is 2. The SMILES string of the molecule is COc1ccc(NCC(C)(C)CC(=O)O)c(C)c1C. The van der Waals surface area contributed by atoms with Crippen LogP contribution in [0.5, 0.6) is 5.75 Å². The van der Waals surface area contributed by atoms with Crippen molar-refractivity contribution in [3.63, 3.8) is 0 Å². The number of rotatable bonds is 6. The molecule has 0 heterocycles. The van der Waals surface area contributed by atoms with Crippen LogP contribution >= 0.6 is 0 Å². The van der Waals surface area contributed by atoms with E-state index in [0.717, 1.165) is 22.6 Å². The van der Waals surface area contributed by atoms with Crippen molar-refractivity contribution in [1.82, 2.24) is 0 Å². The van der Waals surface area contributed by atoms with Crippen LogP contribution in [0.4, 0.5) is 5.69 Å². The van der Waals surface area contributed by atoms with Crippen molar-refractivity contribution in [2.45, 2.75) is 34.1 Å². The van der Waals surface area contributed by atoms with Gasteiger partial charge in [-0.1, -0.05) is 13.8 Å². The van der Waals surface area contributed by atoms with Crippen molar-refractivity contribution in [2.24, 2.45) is 5.41 Å². The van der Waals surface area contributed by atoms with Gasteiger partial charge < -0.3 is 15.2 Å². The third-order valence-corrected chi connectivity index (χ3v) is 3.34. The number of hydrogen-bond acceptors (Lipinski definition) is 3. The zero-order chi connectivity index (χ0) is 14.6. The van der Waals surface area contributed by atoms with Crippen LogP contribution in [0.2, 0.25) is 0 Å². The van der Waals surface area contributed by atoms with Gasteiger partial charge in [0.05, 0.1) is 13.5 Å². The van der Waals surface area contributed by atoms with Gasteiger partial charge in [-0.05, 0) is 42.5 Å². The Labute approximate surface area is 114 Å². The first-order valence-electron chi connectivity index (χ1n) is 6.37. The molecule has 0 saturated carbocycles. The molecule has 1 rings (SSSR count). The normalized spacial score (nSPS) is 11.2. The van der Waals surface area contributed by atoms with E-state index in [2.05, 4.69) is 5.32 Å². The minimum Gasteiger partial charge on any atom is -0.496 e. The highest BCUT2D eigenvalue weighted by Crippen LogP contribution is 2.28. The second-order valence-electron chi connectivity index (χ2n) is 5.65. The van der Waals surface area contributed by atoms with Gasteiger partial charge in [0.25, 0.3) is 0 Å². The monoisotopic (exact) mass is 265 g/mol. The first-order valence-corrected chi connectivity index (χ1v) is 6.37. The van der Waals surface area contributed by atoms with Crippen LogP contribution in [-0.2, 0) is 4.79 Å². The third kappa shape index (κ3) is 4.16. The molecule has 0 fully saturated rings. The summed E-state index contributed by atoms with van der Waals surface area (Å²) in [7, 11) is 1.66. The Hall–Kier alpha value is -1.71. The van der Waals surface area contributed by atoms with Crippen LogP contribution in [0, 0.1) is 19.3 Å². The number of anilines is 1. The molecule has 2 N–H and O–H groups in total. The maximum absolute atomic E-state index is 10.8. The summed E-state index contributed by atoms with van der Waals surface area (Å²) < 4.78 is 5.27. The molecule has 4 heteroatoms. The minimum absolute atomic E-state index is 0.147. The van der Waals surface area contributed by atoms with Crippen LogP contribution in [0.15, 0.2) is 12.1 Å². The standard InChI is InChI=1S/C15H23NO3/c1-10-11(2)13(19-5)7-6-12(10)16-9-15(3,4)8-14(17)18/h6-7,16H,8-9H2,1-5H3,(H,17,18). The molecule has 0 aliphatic heterocycles. The predicted molar refractivity (Wildman–Crippen MR) is 77.0 cm³/mol. The van der Waals surface area contributed by atoms with Gasteiger partial charge >= 0.3 is 5.97 Å². The lowest BCUT2D eigenvalue weighted by atomic mass is 9.89. The van der Waals surface area contributed by atoms with Crippen molar-refractivity contribution in [2.75, 3.05) is 19.0 Å². The number of carboxylic acids is 1. The second kappa shape index (κ2) is 5.95. The number of ether oxygens (including phenoxy) is 1. The summed E-state index contributed by atoms with van der Waals surface area (Å²) in [6.07, 6.45) is 0.147. The molecule has 0 bridgehead atoms. The topological polar surface area (TPSA) is 58.6 Å². The lowest BCUT2D eigenvalue weighted by molar-refractivity contribution is -0.139. The van der Waals surface area contributed by atoms with Gasteiger partial charge in [-0.25, -0.2) is 0 Å². The zero-order valence-electron chi connectivity index (χ0n) is 12.3. The molecule has 0 radical (unpaired) electrons. The van der Waals surface area contributed by atoms with Crippen LogP contribution in [0.3, 0.4) is 0 Å². The molecule has 106 valence electrons. The lowest BCUT2D eigenvalue weighted by Crippen LogP contribution is -2.26. The molecule has 1 aromatic rings. The number of aliphatic carboxylic acids is 1. The number of carboxylic acid groups (broad SMARTS) is 1. The highest BCUT2D eigenvalue weighted by atomic mass is 16.5. The molecule has 1 aromatic carbocycles. The number of nitrogens with one attached hydrogen (secondary N) is 1. The lowest BCUT2D eigenvalue weighted by Gasteiger charge is -2.24. The highest BCUT2D eigenvalue weighted by molar-refractivity contribution is 5.67. The Morgan fingerprint density at radius 3 is 2.47 bits per heavy atom. The molecular formula is C15H23NO3. The van der Waals surface area contributed by atoms with Crippen molar-refractivity contribution in [1.29, 1.82) is 0 Å². The summed E-state index contributed by atoms with van der Waals surface area (Å²) in [5.41, 5.74) is 2.97. The van der Waals surface area contributed by atoms with Crippen molar-refractivity contribution in [3.05, 3.63) is 23.3 Å². The largest absolute Gasteiger partial charge is 0.496 e. The van der Waals surface area contributed by atoms with E-state index in [1.807, 2.05) is 39.8 Å². The number of benzene rings is 1. The summed E-state index contributed by atoms with van der Waals surface area (Å²) in [6, 6.07) is 3.90. The molecule has 0 amide bonds. The summed E-state index contributed by atoms with van der Waals surface area (Å²) in [6.45, 7) is 8.55. The van der Waals surface area contributed by atoms with E-state index in [1.165, 1.54) is 0 Å². The van der Waals surface area contributed by atoms with E-state index in [9.17, 15) is 4.79 Å². The van der Waals surface area contributed by atoms with Crippen LogP contribution in [0.25, 0.3) is 0 Å². The van der Waals surface area contributed by atoms with E-state index in [4.69, 9.17) is 9.84 Å². The van der Waals surface area contributed by atoms with E-state index in [1.54, 1.807) is 7.11 Å². The Balaban J connectivity index is 2.79. The summed E-state index contributed by atoms with van der Waals surface area (Å²) in [4.78, 5) is 10.8. The highest BCUT2D eigenvalue weighted by Gasteiger charge is 2.21. The van der Waals surface area contributed by atoms with Gasteiger partial charge in [0.2, 0.25) is 0 Å². The molecule has 0 aliphatic rings.